The minimum absolute atomic E-state index is 0. The molecule has 1 aliphatic rings. The molecule has 48 valence electrons. The lowest BCUT2D eigenvalue weighted by molar-refractivity contribution is -0.154. The first-order valence-corrected chi connectivity index (χ1v) is 2.20. The van der Waals surface area contributed by atoms with Crippen molar-refractivity contribution in [3.8, 4) is 0 Å². The van der Waals surface area contributed by atoms with E-state index in [-0.39, 0.29) is 11.4 Å². The second-order valence-electron chi connectivity index (χ2n) is 1.47. The predicted molar refractivity (Wildman–Crippen MR) is 27.0 cm³/mol. The van der Waals surface area contributed by atoms with Crippen LogP contribution in [-0.4, -0.2) is 30.1 Å². The van der Waals surface area contributed by atoms with E-state index >= 15 is 0 Å². The summed E-state index contributed by atoms with van der Waals surface area (Å²) >= 11 is 0. The molecule has 0 radical (unpaired) electrons. The summed E-state index contributed by atoms with van der Waals surface area (Å²) in [7, 11) is 1.62. The van der Waals surface area contributed by atoms with E-state index in [1.807, 2.05) is 0 Å². The van der Waals surface area contributed by atoms with Crippen LogP contribution in [0, 0.1) is 0 Å². The highest BCUT2D eigenvalue weighted by Gasteiger charge is 2.15. The van der Waals surface area contributed by atoms with Crippen LogP contribution in [0.4, 0.5) is 0 Å². The number of rotatable bonds is 0. The smallest absolute Gasteiger partial charge is 0.248 e. The summed E-state index contributed by atoms with van der Waals surface area (Å²) in [6.07, 6.45) is 0.538. The molecule has 1 heterocycles. The molecule has 0 aromatic carbocycles. The standard InChI is InChI=1S/C4H7NO2.H2O/c1-5-4(6)2-3-7-5;/h2-3H2,1H3;1H2. The molecule has 0 spiro atoms. The van der Waals surface area contributed by atoms with E-state index in [0.717, 1.165) is 0 Å². The zero-order valence-electron chi connectivity index (χ0n) is 4.68. The zero-order valence-corrected chi connectivity index (χ0v) is 4.68. The molecule has 0 aliphatic carbocycles. The van der Waals surface area contributed by atoms with E-state index in [2.05, 4.69) is 0 Å². The molecule has 1 rings (SSSR count). The van der Waals surface area contributed by atoms with Crippen molar-refractivity contribution in [3.05, 3.63) is 0 Å². The highest BCUT2D eigenvalue weighted by Crippen LogP contribution is 2.00. The van der Waals surface area contributed by atoms with Crippen molar-refractivity contribution in [3.63, 3.8) is 0 Å². The van der Waals surface area contributed by atoms with Gasteiger partial charge in [0.15, 0.2) is 0 Å². The molecule has 0 unspecified atom stereocenters. The molecular formula is C4H9NO3. The van der Waals surface area contributed by atoms with Crippen LogP contribution in [0.5, 0.6) is 0 Å². The molecular weight excluding hydrogens is 110 g/mol. The van der Waals surface area contributed by atoms with Crippen molar-refractivity contribution in [1.82, 2.24) is 5.06 Å². The van der Waals surface area contributed by atoms with Gasteiger partial charge in [-0.25, -0.2) is 5.06 Å². The first kappa shape index (κ1) is 7.39. The highest BCUT2D eigenvalue weighted by molar-refractivity contribution is 5.76. The SMILES string of the molecule is CN1OCCC1=O.O. The number of nitrogens with zero attached hydrogens (tertiary/aromatic N) is 1. The third-order valence-corrected chi connectivity index (χ3v) is 0.952. The Morgan fingerprint density at radius 1 is 1.75 bits per heavy atom. The van der Waals surface area contributed by atoms with E-state index in [9.17, 15) is 4.79 Å². The lowest BCUT2D eigenvalue weighted by Crippen LogP contribution is -2.16. The van der Waals surface area contributed by atoms with Crippen molar-refractivity contribution < 1.29 is 15.1 Å². The Balaban J connectivity index is 0.000000490. The van der Waals surface area contributed by atoms with Gasteiger partial charge in [0.05, 0.1) is 13.0 Å². The maximum Gasteiger partial charge on any atom is 0.248 e. The van der Waals surface area contributed by atoms with Gasteiger partial charge >= 0.3 is 0 Å². The quantitative estimate of drug-likeness (QED) is 0.408. The molecule has 4 heteroatoms. The van der Waals surface area contributed by atoms with Gasteiger partial charge in [0.1, 0.15) is 0 Å². The number of carbonyl (C=O) groups is 1. The second-order valence-corrected chi connectivity index (χ2v) is 1.47. The van der Waals surface area contributed by atoms with Gasteiger partial charge in [-0.1, -0.05) is 0 Å². The molecule has 1 fully saturated rings. The van der Waals surface area contributed by atoms with Gasteiger partial charge in [-0.05, 0) is 0 Å². The number of hydrogen-bond donors (Lipinski definition) is 0. The summed E-state index contributed by atoms with van der Waals surface area (Å²) in [4.78, 5) is 15.1. The molecule has 0 aromatic rings. The van der Waals surface area contributed by atoms with Gasteiger partial charge < -0.3 is 5.48 Å². The van der Waals surface area contributed by atoms with E-state index < -0.39 is 0 Å². The van der Waals surface area contributed by atoms with Crippen LogP contribution in [0.15, 0.2) is 0 Å². The van der Waals surface area contributed by atoms with Crippen LogP contribution in [0.2, 0.25) is 0 Å². The minimum atomic E-state index is 0. The van der Waals surface area contributed by atoms with Crippen molar-refractivity contribution in [2.75, 3.05) is 13.7 Å². The number of carbonyl (C=O) groups excluding carboxylic acids is 1. The summed E-state index contributed by atoms with van der Waals surface area (Å²) in [5, 5.41) is 1.26. The second kappa shape index (κ2) is 2.64. The van der Waals surface area contributed by atoms with Gasteiger partial charge in [-0.3, -0.25) is 9.63 Å². The Labute approximate surface area is 47.3 Å². The summed E-state index contributed by atoms with van der Waals surface area (Å²) in [5.41, 5.74) is 0. The Hall–Kier alpha value is -0.610. The van der Waals surface area contributed by atoms with Crippen molar-refractivity contribution in [2.24, 2.45) is 0 Å². The van der Waals surface area contributed by atoms with Crippen molar-refractivity contribution >= 4 is 5.91 Å². The van der Waals surface area contributed by atoms with Crippen molar-refractivity contribution in [2.45, 2.75) is 6.42 Å². The van der Waals surface area contributed by atoms with E-state index in [0.29, 0.717) is 13.0 Å². The van der Waals surface area contributed by atoms with Gasteiger partial charge in [-0.15, -0.1) is 0 Å². The van der Waals surface area contributed by atoms with E-state index in [1.54, 1.807) is 7.05 Å². The van der Waals surface area contributed by atoms with Crippen LogP contribution in [0.1, 0.15) is 6.42 Å². The molecule has 1 saturated heterocycles. The molecule has 1 amide bonds. The monoisotopic (exact) mass is 119 g/mol. The normalized spacial score (nSPS) is 18.6. The molecule has 8 heavy (non-hydrogen) atoms. The molecule has 2 N–H and O–H groups in total. The average molecular weight is 119 g/mol. The molecule has 0 saturated carbocycles. The molecule has 1 aliphatic heterocycles. The van der Waals surface area contributed by atoms with Crippen LogP contribution >= 0.6 is 0 Å². The molecule has 0 atom stereocenters. The van der Waals surface area contributed by atoms with Crippen LogP contribution in [0.25, 0.3) is 0 Å². The Morgan fingerprint density at radius 2 is 2.38 bits per heavy atom. The summed E-state index contributed by atoms with van der Waals surface area (Å²) < 4.78 is 0. The first-order valence-electron chi connectivity index (χ1n) is 2.20. The van der Waals surface area contributed by atoms with Crippen LogP contribution < -0.4 is 0 Å². The lowest BCUT2D eigenvalue weighted by Gasteiger charge is -2.02. The topological polar surface area (TPSA) is 61.0 Å². The van der Waals surface area contributed by atoms with Gasteiger partial charge in [0, 0.05) is 7.05 Å². The Bertz CT molecular complexity index is 93.3. The molecule has 0 bridgehead atoms. The predicted octanol–water partition coefficient (Wildman–Crippen LogP) is -1.04. The number of hydroxylamine groups is 2. The van der Waals surface area contributed by atoms with E-state index in [1.165, 1.54) is 5.06 Å². The first-order chi connectivity index (χ1) is 3.30. The third kappa shape index (κ3) is 1.18. The van der Waals surface area contributed by atoms with Crippen molar-refractivity contribution in [1.29, 1.82) is 0 Å². The zero-order chi connectivity index (χ0) is 5.28. The summed E-state index contributed by atoms with van der Waals surface area (Å²) in [6, 6.07) is 0. The van der Waals surface area contributed by atoms with Gasteiger partial charge in [-0.2, -0.15) is 0 Å². The minimum Gasteiger partial charge on any atom is -0.412 e. The fraction of sp³-hybridized carbons (Fsp3) is 0.750. The van der Waals surface area contributed by atoms with E-state index in [4.69, 9.17) is 4.84 Å². The van der Waals surface area contributed by atoms with Crippen LogP contribution in [-0.2, 0) is 9.63 Å². The maximum absolute atomic E-state index is 10.4. The maximum atomic E-state index is 10.4. The lowest BCUT2D eigenvalue weighted by atomic mass is 10.5. The van der Waals surface area contributed by atoms with Gasteiger partial charge in [0.25, 0.3) is 0 Å². The summed E-state index contributed by atoms with van der Waals surface area (Å²) in [5.74, 6) is 0.0694. The van der Waals surface area contributed by atoms with Gasteiger partial charge in [0.2, 0.25) is 5.91 Å². The highest BCUT2D eigenvalue weighted by atomic mass is 16.7. The Morgan fingerprint density at radius 3 is 2.50 bits per heavy atom. The number of hydrogen-bond acceptors (Lipinski definition) is 2. The number of amides is 1. The summed E-state index contributed by atoms with van der Waals surface area (Å²) in [6.45, 7) is 0.551. The average Bonchev–Trinajstić information content (AvgIpc) is 1.91. The van der Waals surface area contributed by atoms with Crippen LogP contribution in [0.3, 0.4) is 0 Å². The molecule has 4 nitrogen and oxygen atoms in total. The fourth-order valence-electron chi connectivity index (χ4n) is 0.499. The molecule has 0 aromatic heterocycles. The largest absolute Gasteiger partial charge is 0.412 e. The third-order valence-electron chi connectivity index (χ3n) is 0.952. The fourth-order valence-corrected chi connectivity index (χ4v) is 0.499. The Kier molecular flexibility index (Phi) is 2.44.